The van der Waals surface area contributed by atoms with E-state index in [0.29, 0.717) is 0 Å². The third-order valence-electron chi connectivity index (χ3n) is 3.97. The topological polar surface area (TPSA) is 0 Å². The molecule has 0 aliphatic heterocycles. The second-order valence-electron chi connectivity index (χ2n) is 5.22. The molecule has 0 bridgehead atoms. The van der Waals surface area contributed by atoms with E-state index in [1.165, 1.54) is 50.5 Å². The highest BCUT2D eigenvalue weighted by Gasteiger charge is 2.12. The summed E-state index contributed by atoms with van der Waals surface area (Å²) in [6.45, 7) is 2.24. The molecule has 16 heavy (non-hydrogen) atoms. The summed E-state index contributed by atoms with van der Waals surface area (Å²) < 4.78 is 0. The maximum atomic E-state index is 2.39. The van der Waals surface area contributed by atoms with Crippen molar-refractivity contribution in [2.75, 3.05) is 0 Å². The second-order valence-corrected chi connectivity index (χ2v) is 5.22. The van der Waals surface area contributed by atoms with Gasteiger partial charge in [-0.15, -0.1) is 0 Å². The monoisotopic (exact) mass is 216 g/mol. The van der Waals surface area contributed by atoms with E-state index < -0.39 is 0 Å². The molecule has 0 unspecified atom stereocenters. The highest BCUT2D eigenvalue weighted by molar-refractivity contribution is 5.23. The number of hydrogen-bond acceptors (Lipinski definition) is 0. The molecule has 0 heterocycles. The van der Waals surface area contributed by atoms with Crippen molar-refractivity contribution in [3.05, 3.63) is 35.4 Å². The van der Waals surface area contributed by atoms with Gasteiger partial charge in [0.25, 0.3) is 0 Å². The molecular formula is C16H24. The Morgan fingerprint density at radius 1 is 1.06 bits per heavy atom. The average molecular weight is 216 g/mol. The van der Waals surface area contributed by atoms with Gasteiger partial charge in [-0.25, -0.2) is 0 Å². The number of aryl methyl sites for hydroxylation is 2. The first-order valence-corrected chi connectivity index (χ1v) is 6.96. The van der Waals surface area contributed by atoms with Gasteiger partial charge in [-0.05, 0) is 36.3 Å². The van der Waals surface area contributed by atoms with Gasteiger partial charge in [0.2, 0.25) is 0 Å². The lowest BCUT2D eigenvalue weighted by Gasteiger charge is -2.21. The normalized spacial score (nSPS) is 17.6. The Kier molecular flexibility index (Phi) is 4.44. The minimum absolute atomic E-state index is 1.01. The molecule has 0 radical (unpaired) electrons. The molecule has 1 aromatic carbocycles. The van der Waals surface area contributed by atoms with E-state index in [4.69, 9.17) is 0 Å². The first-order valence-electron chi connectivity index (χ1n) is 6.96. The Hall–Kier alpha value is -0.780. The zero-order valence-electron chi connectivity index (χ0n) is 10.5. The van der Waals surface area contributed by atoms with Crippen LogP contribution >= 0.6 is 0 Å². The quantitative estimate of drug-likeness (QED) is 0.680. The Labute approximate surface area is 100 Å². The lowest BCUT2D eigenvalue weighted by atomic mass is 9.85. The molecule has 0 saturated heterocycles. The molecule has 1 saturated carbocycles. The molecule has 1 aromatic rings. The van der Waals surface area contributed by atoms with Crippen LogP contribution in [-0.2, 0) is 12.8 Å². The number of rotatable bonds is 4. The third-order valence-corrected chi connectivity index (χ3v) is 3.97. The summed E-state index contributed by atoms with van der Waals surface area (Å²) in [7, 11) is 0. The first-order chi connectivity index (χ1) is 7.88. The van der Waals surface area contributed by atoms with E-state index in [2.05, 4.69) is 31.2 Å². The van der Waals surface area contributed by atoms with Crippen LogP contribution in [0, 0.1) is 5.92 Å². The van der Waals surface area contributed by atoms with E-state index in [1.54, 1.807) is 5.56 Å². The standard InChI is InChI=1S/C16H24/c1-2-14-9-6-10-16(13-14)12-11-15-7-4-3-5-8-15/h6,9-10,13,15H,2-5,7-8,11-12H2,1H3. The minimum Gasteiger partial charge on any atom is -0.0617 e. The zero-order valence-corrected chi connectivity index (χ0v) is 10.5. The van der Waals surface area contributed by atoms with Gasteiger partial charge in [0.1, 0.15) is 0 Å². The molecule has 0 amide bonds. The van der Waals surface area contributed by atoms with Crippen LogP contribution in [0.2, 0.25) is 0 Å². The molecule has 88 valence electrons. The SMILES string of the molecule is CCc1cccc(CCC2CCCCC2)c1. The fraction of sp³-hybridized carbons (Fsp3) is 0.625. The van der Waals surface area contributed by atoms with E-state index >= 15 is 0 Å². The maximum absolute atomic E-state index is 2.39. The van der Waals surface area contributed by atoms with Gasteiger partial charge in [-0.1, -0.05) is 63.3 Å². The molecule has 0 nitrogen and oxygen atoms in total. The lowest BCUT2D eigenvalue weighted by molar-refractivity contribution is 0.339. The lowest BCUT2D eigenvalue weighted by Crippen LogP contribution is -2.07. The summed E-state index contributed by atoms with van der Waals surface area (Å²) in [6, 6.07) is 9.14. The van der Waals surface area contributed by atoms with Gasteiger partial charge in [0, 0.05) is 0 Å². The fourth-order valence-corrected chi connectivity index (χ4v) is 2.85. The van der Waals surface area contributed by atoms with Crippen LogP contribution in [0.4, 0.5) is 0 Å². The Morgan fingerprint density at radius 2 is 1.81 bits per heavy atom. The van der Waals surface area contributed by atoms with Crippen molar-refractivity contribution >= 4 is 0 Å². The van der Waals surface area contributed by atoms with Crippen LogP contribution in [0.3, 0.4) is 0 Å². The second kappa shape index (κ2) is 6.08. The number of hydrogen-bond donors (Lipinski definition) is 0. The number of benzene rings is 1. The fourth-order valence-electron chi connectivity index (χ4n) is 2.85. The molecule has 0 N–H and O–H groups in total. The third kappa shape index (κ3) is 3.37. The minimum atomic E-state index is 1.01. The molecule has 1 aliphatic carbocycles. The van der Waals surface area contributed by atoms with Crippen molar-refractivity contribution in [1.29, 1.82) is 0 Å². The molecule has 0 aromatic heterocycles. The molecule has 2 rings (SSSR count). The van der Waals surface area contributed by atoms with Crippen molar-refractivity contribution in [2.24, 2.45) is 5.92 Å². The highest BCUT2D eigenvalue weighted by atomic mass is 14.2. The average Bonchev–Trinajstić information content (AvgIpc) is 2.38. The van der Waals surface area contributed by atoms with E-state index in [0.717, 1.165) is 12.3 Å². The van der Waals surface area contributed by atoms with E-state index in [9.17, 15) is 0 Å². The molecule has 1 fully saturated rings. The van der Waals surface area contributed by atoms with Crippen molar-refractivity contribution in [3.63, 3.8) is 0 Å². The summed E-state index contributed by atoms with van der Waals surface area (Å²) in [6.07, 6.45) is 11.2. The van der Waals surface area contributed by atoms with Gasteiger partial charge < -0.3 is 0 Å². The van der Waals surface area contributed by atoms with Crippen LogP contribution in [0.1, 0.15) is 56.6 Å². The Balaban J connectivity index is 1.83. The van der Waals surface area contributed by atoms with Crippen molar-refractivity contribution in [3.8, 4) is 0 Å². The molecule has 0 heteroatoms. The van der Waals surface area contributed by atoms with Crippen LogP contribution in [-0.4, -0.2) is 0 Å². The first kappa shape index (κ1) is 11.7. The molecular weight excluding hydrogens is 192 g/mol. The Morgan fingerprint density at radius 3 is 2.56 bits per heavy atom. The predicted octanol–water partition coefficient (Wildman–Crippen LogP) is 4.76. The smallest absolute Gasteiger partial charge is 0.0276 e. The molecule has 0 spiro atoms. The van der Waals surface area contributed by atoms with Crippen LogP contribution in [0.5, 0.6) is 0 Å². The Bertz CT molecular complexity index is 308. The summed E-state index contributed by atoms with van der Waals surface area (Å²) in [5.74, 6) is 1.01. The van der Waals surface area contributed by atoms with Gasteiger partial charge in [0.05, 0.1) is 0 Å². The summed E-state index contributed by atoms with van der Waals surface area (Å²) >= 11 is 0. The van der Waals surface area contributed by atoms with Gasteiger partial charge in [-0.2, -0.15) is 0 Å². The summed E-state index contributed by atoms with van der Waals surface area (Å²) in [5.41, 5.74) is 3.03. The van der Waals surface area contributed by atoms with E-state index in [1.807, 2.05) is 0 Å². The van der Waals surface area contributed by atoms with Crippen LogP contribution in [0.15, 0.2) is 24.3 Å². The van der Waals surface area contributed by atoms with E-state index in [-0.39, 0.29) is 0 Å². The van der Waals surface area contributed by atoms with Gasteiger partial charge >= 0.3 is 0 Å². The zero-order chi connectivity index (χ0) is 11.2. The van der Waals surface area contributed by atoms with Crippen LogP contribution in [0.25, 0.3) is 0 Å². The van der Waals surface area contributed by atoms with Crippen molar-refractivity contribution < 1.29 is 0 Å². The van der Waals surface area contributed by atoms with Gasteiger partial charge in [0.15, 0.2) is 0 Å². The largest absolute Gasteiger partial charge is 0.0617 e. The van der Waals surface area contributed by atoms with Gasteiger partial charge in [-0.3, -0.25) is 0 Å². The molecule has 1 aliphatic rings. The maximum Gasteiger partial charge on any atom is -0.0276 e. The predicted molar refractivity (Wildman–Crippen MR) is 70.7 cm³/mol. The summed E-state index contributed by atoms with van der Waals surface area (Å²) in [4.78, 5) is 0. The van der Waals surface area contributed by atoms with Crippen LogP contribution < -0.4 is 0 Å². The van der Waals surface area contributed by atoms with Crippen molar-refractivity contribution in [1.82, 2.24) is 0 Å². The summed E-state index contributed by atoms with van der Waals surface area (Å²) in [5, 5.41) is 0. The molecule has 0 atom stereocenters. The van der Waals surface area contributed by atoms with Crippen molar-refractivity contribution in [2.45, 2.75) is 58.3 Å². The highest BCUT2D eigenvalue weighted by Crippen LogP contribution is 2.27.